The highest BCUT2D eigenvalue weighted by atomic mass is 28.3. The summed E-state index contributed by atoms with van der Waals surface area (Å²) in [4.78, 5) is 0. The Morgan fingerprint density at radius 2 is 1.66 bits per heavy atom. The van der Waals surface area contributed by atoms with Gasteiger partial charge in [-0.05, 0) is 52.9 Å². The lowest BCUT2D eigenvalue weighted by atomic mass is 9.94. The van der Waals surface area contributed by atoms with Crippen LogP contribution < -0.4 is 9.75 Å². The Balaban J connectivity index is 2.19. The number of hydrogen-bond donors (Lipinski definition) is 0. The average molecular weight is 405 g/mol. The minimum absolute atomic E-state index is 0.368. The van der Waals surface area contributed by atoms with Crippen molar-refractivity contribution in [2.75, 3.05) is 0 Å². The van der Waals surface area contributed by atoms with Crippen LogP contribution in [0.5, 0.6) is 0 Å². The molecular weight excluding hydrogens is 366 g/mol. The number of aromatic nitrogens is 1. The van der Waals surface area contributed by atoms with Crippen LogP contribution in [0.3, 0.4) is 0 Å². The van der Waals surface area contributed by atoms with Crippen molar-refractivity contribution < 1.29 is 4.57 Å². The smallest absolute Gasteiger partial charge is 0.200 e. The van der Waals surface area contributed by atoms with Gasteiger partial charge >= 0.3 is 0 Å². The first kappa shape index (κ1) is 21.8. The Bertz CT molecular complexity index is 1040. The molecule has 0 atom stereocenters. The minimum Gasteiger partial charge on any atom is -0.200 e. The van der Waals surface area contributed by atoms with Crippen LogP contribution in [0, 0.1) is 12.3 Å². The fourth-order valence-electron chi connectivity index (χ4n) is 4.81. The summed E-state index contributed by atoms with van der Waals surface area (Å²) in [6, 6.07) is 17.8. The molecule has 2 heteroatoms. The van der Waals surface area contributed by atoms with E-state index < -0.39 is 8.07 Å². The van der Waals surface area contributed by atoms with Gasteiger partial charge in [0.15, 0.2) is 6.20 Å². The van der Waals surface area contributed by atoms with Crippen molar-refractivity contribution >= 4 is 24.0 Å². The molecule has 0 unspecified atom stereocenters. The highest BCUT2D eigenvalue weighted by Crippen LogP contribution is 2.32. The second-order valence-corrected chi connectivity index (χ2v) is 15.6. The Hall–Kier alpha value is -1.93. The molecule has 0 aliphatic heterocycles. The minimum atomic E-state index is -1.48. The van der Waals surface area contributed by atoms with Gasteiger partial charge in [0.25, 0.3) is 0 Å². The van der Waals surface area contributed by atoms with Crippen LogP contribution in [0.1, 0.15) is 51.7 Å². The number of hydrogen-bond acceptors (Lipinski definition) is 0. The van der Waals surface area contributed by atoms with Gasteiger partial charge in [-0.2, -0.15) is 0 Å². The Morgan fingerprint density at radius 1 is 0.966 bits per heavy atom. The molecule has 1 heterocycles. The van der Waals surface area contributed by atoms with Gasteiger partial charge in [-0.25, -0.2) is 4.57 Å². The van der Waals surface area contributed by atoms with Gasteiger partial charge in [-0.3, -0.25) is 0 Å². The zero-order valence-corrected chi connectivity index (χ0v) is 20.9. The number of aryl methyl sites for hydroxylation is 2. The third-order valence-electron chi connectivity index (χ3n) is 6.07. The lowest BCUT2D eigenvalue weighted by Crippen LogP contribution is -2.44. The fraction of sp³-hybridized carbons (Fsp3) is 0.444. The van der Waals surface area contributed by atoms with Crippen LogP contribution in [-0.4, -0.2) is 8.07 Å². The number of benzene rings is 2. The third kappa shape index (κ3) is 4.64. The van der Waals surface area contributed by atoms with Crippen molar-refractivity contribution in [1.29, 1.82) is 0 Å². The van der Waals surface area contributed by atoms with Crippen LogP contribution in [0.25, 0.3) is 22.0 Å². The van der Waals surface area contributed by atoms with Crippen molar-refractivity contribution in [3.05, 3.63) is 59.8 Å². The molecule has 29 heavy (non-hydrogen) atoms. The second kappa shape index (κ2) is 7.72. The van der Waals surface area contributed by atoms with E-state index in [1.165, 1.54) is 39.2 Å². The van der Waals surface area contributed by atoms with Gasteiger partial charge in [0.2, 0.25) is 5.69 Å². The summed E-state index contributed by atoms with van der Waals surface area (Å²) in [6.07, 6.45) is 2.22. The van der Waals surface area contributed by atoms with Gasteiger partial charge < -0.3 is 0 Å². The summed E-state index contributed by atoms with van der Waals surface area (Å²) < 4.78 is 2.28. The van der Waals surface area contributed by atoms with Crippen LogP contribution in [-0.2, 0) is 7.05 Å². The maximum Gasteiger partial charge on any atom is 0.220 e. The Kier molecular flexibility index (Phi) is 5.79. The molecule has 0 spiro atoms. The molecule has 3 aromatic rings. The lowest BCUT2D eigenvalue weighted by molar-refractivity contribution is -0.659. The molecule has 154 valence electrons. The van der Waals surface area contributed by atoms with Crippen LogP contribution in [0.4, 0.5) is 0 Å². The molecule has 0 amide bonds. The SMILES string of the molecule is Cc1ccc(C(C)C)cc1-c1c2ccc([Si](C)(C)CC(C)(C)C)cc2cc[n+]1C. The maximum atomic E-state index is 2.51. The number of fused-ring (bicyclic) bond motifs is 1. The molecular formula is C27H38NSi+. The molecule has 1 aromatic heterocycles. The fourth-order valence-corrected chi connectivity index (χ4v) is 8.75. The number of rotatable bonds is 4. The topological polar surface area (TPSA) is 3.88 Å². The van der Waals surface area contributed by atoms with Gasteiger partial charge in [0, 0.05) is 11.6 Å². The highest BCUT2D eigenvalue weighted by molar-refractivity contribution is 6.90. The van der Waals surface area contributed by atoms with E-state index in [2.05, 4.69) is 115 Å². The Morgan fingerprint density at radius 3 is 2.28 bits per heavy atom. The predicted octanol–water partition coefficient (Wildman–Crippen LogP) is 6.72. The van der Waals surface area contributed by atoms with Crippen molar-refractivity contribution in [2.45, 2.75) is 66.6 Å². The molecule has 3 rings (SSSR count). The Labute approximate surface area is 178 Å². The van der Waals surface area contributed by atoms with E-state index >= 15 is 0 Å². The van der Waals surface area contributed by atoms with Gasteiger partial charge in [0.1, 0.15) is 7.05 Å². The summed E-state index contributed by atoms with van der Waals surface area (Å²) in [7, 11) is 0.685. The van der Waals surface area contributed by atoms with Gasteiger partial charge in [-0.15, -0.1) is 0 Å². The first-order valence-electron chi connectivity index (χ1n) is 10.9. The molecule has 2 aromatic carbocycles. The lowest BCUT2D eigenvalue weighted by Gasteiger charge is -2.31. The van der Waals surface area contributed by atoms with Crippen molar-refractivity contribution in [2.24, 2.45) is 12.5 Å². The van der Waals surface area contributed by atoms with Crippen LogP contribution in [0.2, 0.25) is 19.1 Å². The van der Waals surface area contributed by atoms with E-state index in [1.54, 1.807) is 5.19 Å². The second-order valence-electron chi connectivity index (χ2n) is 10.9. The maximum absolute atomic E-state index is 2.51. The largest absolute Gasteiger partial charge is 0.220 e. The molecule has 0 bridgehead atoms. The van der Waals surface area contributed by atoms with E-state index in [0.717, 1.165) is 0 Å². The van der Waals surface area contributed by atoms with Crippen LogP contribution >= 0.6 is 0 Å². The van der Waals surface area contributed by atoms with E-state index in [9.17, 15) is 0 Å². The molecule has 0 saturated heterocycles. The summed E-state index contributed by atoms with van der Waals surface area (Å²) in [5, 5.41) is 4.27. The van der Waals surface area contributed by atoms with Crippen molar-refractivity contribution in [3.8, 4) is 11.3 Å². The molecule has 0 radical (unpaired) electrons. The predicted molar refractivity (Wildman–Crippen MR) is 131 cm³/mol. The van der Waals surface area contributed by atoms with Crippen molar-refractivity contribution in [1.82, 2.24) is 0 Å². The molecule has 0 aliphatic rings. The average Bonchev–Trinajstić information content (AvgIpc) is 2.60. The molecule has 0 aliphatic carbocycles. The van der Waals surface area contributed by atoms with E-state index in [0.29, 0.717) is 11.3 Å². The monoisotopic (exact) mass is 404 g/mol. The third-order valence-corrected chi connectivity index (χ3v) is 9.89. The molecule has 0 N–H and O–H groups in total. The van der Waals surface area contributed by atoms with Gasteiger partial charge in [0.05, 0.1) is 13.5 Å². The standard InChI is InChI=1S/C27H38NSi/c1-19(2)21-11-10-20(3)25(17-21)26-24-13-12-23(16-22(24)14-15-28(26)7)29(8,9)18-27(4,5)6/h10-17,19H,18H2,1-9H3/q+1. The zero-order chi connectivity index (χ0) is 21.6. The first-order chi connectivity index (χ1) is 13.4. The molecule has 0 fully saturated rings. The number of pyridine rings is 1. The van der Waals surface area contributed by atoms with Gasteiger partial charge in [-0.1, -0.05) is 77.2 Å². The quantitative estimate of drug-likeness (QED) is 0.335. The molecule has 0 saturated carbocycles. The zero-order valence-electron chi connectivity index (χ0n) is 19.9. The normalized spacial score (nSPS) is 12.8. The first-order valence-corrected chi connectivity index (χ1v) is 14.1. The summed E-state index contributed by atoms with van der Waals surface area (Å²) in [5.74, 6) is 0.533. The van der Waals surface area contributed by atoms with Crippen molar-refractivity contribution in [3.63, 3.8) is 0 Å². The molecule has 1 nitrogen and oxygen atoms in total. The summed E-state index contributed by atoms with van der Waals surface area (Å²) in [6.45, 7) is 18.9. The van der Waals surface area contributed by atoms with E-state index in [1.807, 2.05) is 0 Å². The van der Waals surface area contributed by atoms with E-state index in [-0.39, 0.29) is 0 Å². The summed E-state index contributed by atoms with van der Waals surface area (Å²) in [5.41, 5.74) is 5.78. The highest BCUT2D eigenvalue weighted by Gasteiger charge is 2.30. The van der Waals surface area contributed by atoms with Crippen LogP contribution in [0.15, 0.2) is 48.7 Å². The number of nitrogens with zero attached hydrogens (tertiary/aromatic N) is 1. The summed E-state index contributed by atoms with van der Waals surface area (Å²) >= 11 is 0. The van der Waals surface area contributed by atoms with E-state index in [4.69, 9.17) is 0 Å².